The van der Waals surface area contributed by atoms with Crippen molar-refractivity contribution >= 4 is 21.4 Å². The molecule has 0 saturated carbocycles. The smallest absolute Gasteiger partial charge is 0.249 e. The van der Waals surface area contributed by atoms with E-state index >= 15 is 0 Å². The van der Waals surface area contributed by atoms with Gasteiger partial charge in [0.25, 0.3) is 10.0 Å². The van der Waals surface area contributed by atoms with Crippen molar-refractivity contribution < 1.29 is 8.42 Å². The molecule has 0 spiro atoms. The van der Waals surface area contributed by atoms with Crippen molar-refractivity contribution in [2.75, 3.05) is 13.1 Å². The van der Waals surface area contributed by atoms with Crippen molar-refractivity contribution in [1.29, 1.82) is 0 Å². The quantitative estimate of drug-likeness (QED) is 0.864. The van der Waals surface area contributed by atoms with Crippen molar-refractivity contribution in [1.82, 2.24) is 9.29 Å². The minimum Gasteiger partial charge on any atom is -0.249 e. The summed E-state index contributed by atoms with van der Waals surface area (Å²) in [4.78, 5) is 4.07. The zero-order valence-corrected chi connectivity index (χ0v) is 14.7. The number of thiazole rings is 1. The van der Waals surface area contributed by atoms with E-state index in [9.17, 15) is 8.42 Å². The second-order valence-electron chi connectivity index (χ2n) is 5.91. The molecule has 0 N–H and O–H groups in total. The van der Waals surface area contributed by atoms with Gasteiger partial charge in [-0.25, -0.2) is 13.4 Å². The van der Waals surface area contributed by atoms with Gasteiger partial charge >= 0.3 is 0 Å². The Morgan fingerprint density at radius 1 is 1.27 bits per heavy atom. The first-order valence-corrected chi connectivity index (χ1v) is 9.63. The van der Waals surface area contributed by atoms with Gasteiger partial charge < -0.3 is 0 Å². The summed E-state index contributed by atoms with van der Waals surface area (Å²) in [7, 11) is -3.39. The topological polar surface area (TPSA) is 50.3 Å². The zero-order valence-electron chi connectivity index (χ0n) is 13.0. The van der Waals surface area contributed by atoms with Crippen LogP contribution in [-0.4, -0.2) is 30.8 Å². The van der Waals surface area contributed by atoms with Gasteiger partial charge in [0.15, 0.2) is 4.21 Å². The SMILES string of the molecule is Cc1ccc(C2CCN(S(=O)(=O)c3cnc(C)s3)C2)c(C)c1. The maximum atomic E-state index is 12.7. The monoisotopic (exact) mass is 336 g/mol. The zero-order chi connectivity index (χ0) is 15.9. The average molecular weight is 336 g/mol. The Morgan fingerprint density at radius 3 is 2.68 bits per heavy atom. The minimum absolute atomic E-state index is 0.282. The Hall–Kier alpha value is -1.24. The van der Waals surface area contributed by atoms with Crippen molar-refractivity contribution in [2.45, 2.75) is 37.3 Å². The van der Waals surface area contributed by atoms with Gasteiger partial charge in [-0.15, -0.1) is 11.3 Å². The van der Waals surface area contributed by atoms with Gasteiger partial charge in [-0.1, -0.05) is 23.8 Å². The van der Waals surface area contributed by atoms with Crippen LogP contribution in [0, 0.1) is 20.8 Å². The molecule has 1 aromatic carbocycles. The van der Waals surface area contributed by atoms with Crippen LogP contribution in [0.2, 0.25) is 0 Å². The Morgan fingerprint density at radius 2 is 2.05 bits per heavy atom. The number of hydrogen-bond donors (Lipinski definition) is 0. The Balaban J connectivity index is 1.83. The van der Waals surface area contributed by atoms with Crippen molar-refractivity contribution in [2.24, 2.45) is 0 Å². The Bertz CT molecular complexity index is 796. The van der Waals surface area contributed by atoms with Gasteiger partial charge in [0.2, 0.25) is 0 Å². The summed E-state index contributed by atoms with van der Waals surface area (Å²) < 4.78 is 27.3. The van der Waals surface area contributed by atoms with Gasteiger partial charge in [0.1, 0.15) is 0 Å². The normalized spacial score (nSPS) is 19.7. The third kappa shape index (κ3) is 2.83. The van der Waals surface area contributed by atoms with Gasteiger partial charge in [0, 0.05) is 13.1 Å². The number of rotatable bonds is 3. The summed E-state index contributed by atoms with van der Waals surface area (Å²) in [6.07, 6.45) is 2.35. The highest BCUT2D eigenvalue weighted by molar-refractivity contribution is 7.91. The molecular formula is C16H20N2O2S2. The number of aryl methyl sites for hydroxylation is 3. The molecule has 0 amide bonds. The predicted octanol–water partition coefficient (Wildman–Crippen LogP) is 3.25. The van der Waals surface area contributed by atoms with E-state index in [0.29, 0.717) is 17.3 Å². The van der Waals surface area contributed by atoms with Crippen LogP contribution in [0.4, 0.5) is 0 Å². The lowest BCUT2D eigenvalue weighted by atomic mass is 9.93. The molecule has 22 heavy (non-hydrogen) atoms. The first-order chi connectivity index (χ1) is 10.4. The van der Waals surface area contributed by atoms with Crippen LogP contribution in [0.5, 0.6) is 0 Å². The van der Waals surface area contributed by atoms with E-state index in [1.807, 2.05) is 6.92 Å². The molecule has 2 heterocycles. The summed E-state index contributed by atoms with van der Waals surface area (Å²) in [5.74, 6) is 0.282. The highest BCUT2D eigenvalue weighted by atomic mass is 32.2. The molecule has 4 nitrogen and oxygen atoms in total. The molecule has 1 unspecified atom stereocenters. The van der Waals surface area contributed by atoms with Crippen LogP contribution in [0.1, 0.15) is 34.0 Å². The third-order valence-corrected chi connectivity index (χ3v) is 7.42. The summed E-state index contributed by atoms with van der Waals surface area (Å²) in [5.41, 5.74) is 3.76. The fraction of sp³-hybridized carbons (Fsp3) is 0.438. The first kappa shape index (κ1) is 15.6. The second kappa shape index (κ2) is 5.76. The molecule has 1 aliphatic heterocycles. The van der Waals surface area contributed by atoms with Gasteiger partial charge in [-0.3, -0.25) is 0 Å². The fourth-order valence-corrected chi connectivity index (χ4v) is 5.84. The van der Waals surface area contributed by atoms with E-state index in [-0.39, 0.29) is 5.92 Å². The molecule has 1 atom stereocenters. The molecule has 0 aliphatic carbocycles. The lowest BCUT2D eigenvalue weighted by Crippen LogP contribution is -2.28. The van der Waals surface area contributed by atoms with E-state index in [1.165, 1.54) is 34.2 Å². The molecule has 1 fully saturated rings. The number of benzene rings is 1. The Kier molecular flexibility index (Phi) is 4.09. The first-order valence-electron chi connectivity index (χ1n) is 7.37. The maximum absolute atomic E-state index is 12.7. The standard InChI is InChI=1S/C16H20N2O2S2/c1-11-4-5-15(12(2)8-11)14-6-7-18(10-14)22(19,20)16-9-17-13(3)21-16/h4-5,8-9,14H,6-7,10H2,1-3H3. The summed E-state index contributed by atoms with van der Waals surface area (Å²) in [6.45, 7) is 7.15. The molecular weight excluding hydrogens is 316 g/mol. The largest absolute Gasteiger partial charge is 0.254 e. The Labute approximate surface area is 135 Å². The van der Waals surface area contributed by atoms with Crippen LogP contribution in [0.25, 0.3) is 0 Å². The van der Waals surface area contributed by atoms with E-state index < -0.39 is 10.0 Å². The summed E-state index contributed by atoms with van der Waals surface area (Å²) >= 11 is 1.24. The number of aromatic nitrogens is 1. The van der Waals surface area contributed by atoms with Crippen LogP contribution in [0.3, 0.4) is 0 Å². The molecule has 118 valence electrons. The predicted molar refractivity (Wildman–Crippen MR) is 88.9 cm³/mol. The lowest BCUT2D eigenvalue weighted by molar-refractivity contribution is 0.474. The highest BCUT2D eigenvalue weighted by Crippen LogP contribution is 2.34. The molecule has 1 aliphatic rings. The van der Waals surface area contributed by atoms with Gasteiger partial charge in [0.05, 0.1) is 11.2 Å². The maximum Gasteiger partial charge on any atom is 0.254 e. The summed E-state index contributed by atoms with van der Waals surface area (Å²) in [6, 6.07) is 6.41. The average Bonchev–Trinajstić information content (AvgIpc) is 3.08. The molecule has 1 aromatic heterocycles. The molecule has 6 heteroatoms. The third-order valence-electron chi connectivity index (χ3n) is 4.21. The van der Waals surface area contributed by atoms with Gasteiger partial charge in [-0.05, 0) is 44.2 Å². The molecule has 2 aromatic rings. The molecule has 0 bridgehead atoms. The number of sulfonamides is 1. The van der Waals surface area contributed by atoms with Crippen molar-refractivity contribution in [3.05, 3.63) is 46.1 Å². The second-order valence-corrected chi connectivity index (χ2v) is 9.31. The van der Waals surface area contributed by atoms with E-state index in [1.54, 1.807) is 4.31 Å². The van der Waals surface area contributed by atoms with Gasteiger partial charge in [-0.2, -0.15) is 4.31 Å². The number of hydrogen-bond acceptors (Lipinski definition) is 4. The minimum atomic E-state index is -3.39. The van der Waals surface area contributed by atoms with E-state index in [2.05, 4.69) is 37.0 Å². The fourth-order valence-electron chi connectivity index (χ4n) is 3.07. The van der Waals surface area contributed by atoms with E-state index in [0.717, 1.165) is 11.4 Å². The highest BCUT2D eigenvalue weighted by Gasteiger charge is 2.34. The molecule has 1 saturated heterocycles. The van der Waals surface area contributed by atoms with Crippen molar-refractivity contribution in [3.63, 3.8) is 0 Å². The van der Waals surface area contributed by atoms with Crippen LogP contribution in [-0.2, 0) is 10.0 Å². The van der Waals surface area contributed by atoms with Crippen LogP contribution in [0.15, 0.2) is 28.6 Å². The summed E-state index contributed by atoms with van der Waals surface area (Å²) in [5, 5.41) is 0.781. The van der Waals surface area contributed by atoms with E-state index in [4.69, 9.17) is 0 Å². The van der Waals surface area contributed by atoms with Crippen LogP contribution < -0.4 is 0 Å². The van der Waals surface area contributed by atoms with Crippen molar-refractivity contribution in [3.8, 4) is 0 Å². The molecule has 3 rings (SSSR count). The number of nitrogens with zero attached hydrogens (tertiary/aromatic N) is 2. The van der Waals surface area contributed by atoms with Crippen LogP contribution >= 0.6 is 11.3 Å². The lowest BCUT2D eigenvalue weighted by Gasteiger charge is -2.16. The molecule has 0 radical (unpaired) electrons.